The largest absolute Gasteiger partial charge is 0.329 e. The Kier molecular flexibility index (Phi) is 1.47. The molecule has 2 aromatic heterocycles. The number of nitrogens with zero attached hydrogens (tertiary/aromatic N) is 1. The minimum Gasteiger partial charge on any atom is -0.329 e. The van der Waals surface area contributed by atoms with Gasteiger partial charge in [-0.1, -0.05) is 5.46 Å². The first-order valence-electron chi connectivity index (χ1n) is 3.71. The highest BCUT2D eigenvalue weighted by molar-refractivity contribution is 6.38. The van der Waals surface area contributed by atoms with E-state index in [-0.39, 0.29) is 5.56 Å². The van der Waals surface area contributed by atoms with Gasteiger partial charge < -0.3 is 4.98 Å². The van der Waals surface area contributed by atoms with Gasteiger partial charge in [-0.2, -0.15) is 0 Å². The van der Waals surface area contributed by atoms with Crippen molar-refractivity contribution >= 4 is 24.1 Å². The lowest BCUT2D eigenvalue weighted by Gasteiger charge is -1.98. The lowest BCUT2D eigenvalue weighted by Crippen LogP contribution is -2.15. The SMILES string of the molecule is Bc1c[nH]c(=O)c2ccncc12. The van der Waals surface area contributed by atoms with E-state index in [1.807, 2.05) is 7.85 Å². The molecule has 2 aromatic rings. The molecule has 4 heteroatoms. The van der Waals surface area contributed by atoms with E-state index in [1.54, 1.807) is 24.7 Å². The minimum atomic E-state index is -0.0574. The zero-order valence-corrected chi connectivity index (χ0v) is 6.66. The van der Waals surface area contributed by atoms with Crippen molar-refractivity contribution < 1.29 is 0 Å². The van der Waals surface area contributed by atoms with Crippen LogP contribution in [0.15, 0.2) is 29.5 Å². The van der Waals surface area contributed by atoms with Gasteiger partial charge in [-0.25, -0.2) is 0 Å². The van der Waals surface area contributed by atoms with Crippen LogP contribution in [0.3, 0.4) is 0 Å². The lowest BCUT2D eigenvalue weighted by molar-refractivity contribution is 1.27. The molecule has 2 heterocycles. The highest BCUT2D eigenvalue weighted by Gasteiger charge is 1.98. The topological polar surface area (TPSA) is 45.8 Å². The van der Waals surface area contributed by atoms with Crippen molar-refractivity contribution in [1.29, 1.82) is 0 Å². The van der Waals surface area contributed by atoms with Crippen LogP contribution >= 0.6 is 0 Å². The van der Waals surface area contributed by atoms with Crippen LogP contribution in [0.2, 0.25) is 0 Å². The van der Waals surface area contributed by atoms with Gasteiger partial charge in [0.25, 0.3) is 5.56 Å². The van der Waals surface area contributed by atoms with E-state index in [2.05, 4.69) is 9.97 Å². The summed E-state index contributed by atoms with van der Waals surface area (Å²) in [4.78, 5) is 17.9. The molecule has 2 rings (SSSR count). The van der Waals surface area contributed by atoms with Crippen LogP contribution in [0.4, 0.5) is 0 Å². The van der Waals surface area contributed by atoms with Gasteiger partial charge in [0.1, 0.15) is 7.85 Å². The van der Waals surface area contributed by atoms with Gasteiger partial charge in [0, 0.05) is 23.2 Å². The Morgan fingerprint density at radius 1 is 1.42 bits per heavy atom. The van der Waals surface area contributed by atoms with E-state index >= 15 is 0 Å². The van der Waals surface area contributed by atoms with Crippen molar-refractivity contribution in [2.24, 2.45) is 0 Å². The number of hydrogen-bond donors (Lipinski definition) is 1. The van der Waals surface area contributed by atoms with E-state index in [0.717, 1.165) is 10.8 Å². The second-order valence-electron chi connectivity index (χ2n) is 2.72. The highest BCUT2D eigenvalue weighted by atomic mass is 16.1. The van der Waals surface area contributed by atoms with Crippen molar-refractivity contribution in [3.63, 3.8) is 0 Å². The summed E-state index contributed by atoms with van der Waals surface area (Å²) in [6.45, 7) is 0. The molecule has 0 saturated carbocycles. The standard InChI is InChI=1S/C8H7BN2O/c9-7-4-11-8(12)5-1-2-10-3-6(5)7/h1-4H,9H2,(H,11,12). The maximum atomic E-state index is 11.2. The van der Waals surface area contributed by atoms with Crippen molar-refractivity contribution in [2.45, 2.75) is 0 Å². The fourth-order valence-electron chi connectivity index (χ4n) is 1.24. The van der Waals surface area contributed by atoms with Crippen LogP contribution in [0.1, 0.15) is 0 Å². The van der Waals surface area contributed by atoms with E-state index in [4.69, 9.17) is 0 Å². The number of hydrogen-bond acceptors (Lipinski definition) is 2. The molecule has 0 bridgehead atoms. The molecule has 0 aromatic carbocycles. The molecular weight excluding hydrogens is 151 g/mol. The van der Waals surface area contributed by atoms with Crippen LogP contribution in [0, 0.1) is 0 Å². The normalized spacial score (nSPS) is 10.3. The summed E-state index contributed by atoms with van der Waals surface area (Å²) in [5.41, 5.74) is 0.982. The molecule has 0 aliphatic heterocycles. The van der Waals surface area contributed by atoms with Gasteiger partial charge in [-0.15, -0.1) is 0 Å². The summed E-state index contributed by atoms with van der Waals surface area (Å²) in [6.07, 6.45) is 5.03. The summed E-state index contributed by atoms with van der Waals surface area (Å²) >= 11 is 0. The van der Waals surface area contributed by atoms with Gasteiger partial charge >= 0.3 is 0 Å². The molecule has 0 unspecified atom stereocenters. The fourth-order valence-corrected chi connectivity index (χ4v) is 1.24. The van der Waals surface area contributed by atoms with Crippen LogP contribution in [0.25, 0.3) is 10.8 Å². The third kappa shape index (κ3) is 0.924. The summed E-state index contributed by atoms with van der Waals surface area (Å²) in [5, 5.41) is 1.62. The fraction of sp³-hybridized carbons (Fsp3) is 0. The Hall–Kier alpha value is -1.58. The Bertz CT molecular complexity index is 478. The summed E-state index contributed by atoms with van der Waals surface area (Å²) in [6, 6.07) is 1.72. The molecule has 0 fully saturated rings. The number of rotatable bonds is 0. The van der Waals surface area contributed by atoms with Gasteiger partial charge in [0.15, 0.2) is 0 Å². The monoisotopic (exact) mass is 158 g/mol. The van der Waals surface area contributed by atoms with Gasteiger partial charge in [0.2, 0.25) is 0 Å². The zero-order valence-electron chi connectivity index (χ0n) is 6.66. The first-order valence-corrected chi connectivity index (χ1v) is 3.71. The zero-order chi connectivity index (χ0) is 8.55. The second kappa shape index (κ2) is 2.48. The molecule has 12 heavy (non-hydrogen) atoms. The lowest BCUT2D eigenvalue weighted by atomic mass is 9.94. The number of aromatic nitrogens is 2. The average molecular weight is 158 g/mol. The summed E-state index contributed by atoms with van der Waals surface area (Å²) in [5.74, 6) is 0. The van der Waals surface area contributed by atoms with Crippen LogP contribution in [-0.4, -0.2) is 17.8 Å². The smallest absolute Gasteiger partial charge is 0.255 e. The minimum absolute atomic E-state index is 0.0574. The van der Waals surface area contributed by atoms with Crippen LogP contribution in [0.5, 0.6) is 0 Å². The Labute approximate surface area is 69.9 Å². The van der Waals surface area contributed by atoms with Crippen molar-refractivity contribution in [3.05, 3.63) is 35.0 Å². The number of fused-ring (bicyclic) bond motifs is 1. The molecule has 0 aliphatic rings. The second-order valence-corrected chi connectivity index (χ2v) is 2.72. The third-order valence-electron chi connectivity index (χ3n) is 1.91. The third-order valence-corrected chi connectivity index (χ3v) is 1.91. The molecule has 0 amide bonds. The van der Waals surface area contributed by atoms with E-state index in [0.29, 0.717) is 5.39 Å². The van der Waals surface area contributed by atoms with Crippen molar-refractivity contribution in [1.82, 2.24) is 9.97 Å². The Balaban J connectivity index is 3.05. The van der Waals surface area contributed by atoms with E-state index in [1.165, 1.54) is 0 Å². The quantitative estimate of drug-likeness (QED) is 0.509. The molecule has 1 N–H and O–H groups in total. The molecule has 0 spiro atoms. The predicted octanol–water partition coefficient (Wildman–Crippen LogP) is -0.819. The number of nitrogens with one attached hydrogen (secondary N) is 1. The highest BCUT2D eigenvalue weighted by Crippen LogP contribution is 2.01. The molecule has 0 saturated heterocycles. The molecular formula is C8H7BN2O. The van der Waals surface area contributed by atoms with Gasteiger partial charge in [-0.05, 0) is 12.3 Å². The van der Waals surface area contributed by atoms with Gasteiger partial charge in [-0.3, -0.25) is 9.78 Å². The van der Waals surface area contributed by atoms with Crippen molar-refractivity contribution in [3.8, 4) is 0 Å². The first kappa shape index (κ1) is 7.09. The van der Waals surface area contributed by atoms with Crippen LogP contribution in [-0.2, 0) is 0 Å². The Morgan fingerprint density at radius 2 is 2.25 bits per heavy atom. The summed E-state index contributed by atoms with van der Waals surface area (Å²) < 4.78 is 0. The summed E-state index contributed by atoms with van der Waals surface area (Å²) in [7, 11) is 1.94. The maximum absolute atomic E-state index is 11.2. The van der Waals surface area contributed by atoms with E-state index < -0.39 is 0 Å². The first-order chi connectivity index (χ1) is 5.79. The molecule has 3 nitrogen and oxygen atoms in total. The van der Waals surface area contributed by atoms with Gasteiger partial charge in [0.05, 0.1) is 0 Å². The maximum Gasteiger partial charge on any atom is 0.255 e. The average Bonchev–Trinajstić information content (AvgIpc) is 2.12. The molecule has 0 aliphatic carbocycles. The van der Waals surface area contributed by atoms with Crippen molar-refractivity contribution in [2.75, 3.05) is 0 Å². The molecule has 0 atom stereocenters. The predicted molar refractivity (Wildman–Crippen MR) is 50.5 cm³/mol. The number of pyridine rings is 2. The van der Waals surface area contributed by atoms with Crippen LogP contribution < -0.4 is 11.0 Å². The van der Waals surface area contributed by atoms with E-state index in [9.17, 15) is 4.79 Å². The molecule has 0 radical (unpaired) electrons. The number of H-pyrrole nitrogens is 1. The molecule has 58 valence electrons. The Morgan fingerprint density at radius 3 is 3.00 bits per heavy atom. The number of aromatic amines is 1.